The Balaban J connectivity index is 1.38. The topological polar surface area (TPSA) is 58.6 Å². The van der Waals surface area contributed by atoms with Gasteiger partial charge in [0.25, 0.3) is 5.91 Å². The second kappa shape index (κ2) is 10.3. The Morgan fingerprint density at radius 2 is 1.65 bits per heavy atom. The average Bonchev–Trinajstić information content (AvgIpc) is 2.79. The first-order valence-corrected chi connectivity index (χ1v) is 11.1. The molecule has 1 atom stereocenters. The van der Waals surface area contributed by atoms with Crippen LogP contribution in [0.3, 0.4) is 0 Å². The van der Waals surface area contributed by atoms with Crippen LogP contribution in [0.15, 0.2) is 94.7 Å². The van der Waals surface area contributed by atoms with Crippen molar-refractivity contribution in [3.8, 4) is 0 Å². The largest absolute Gasteiger partial charge is 0.366 e. The number of hydrogen-bond acceptors (Lipinski definition) is 4. The molecule has 5 nitrogen and oxygen atoms in total. The molecule has 1 aliphatic heterocycles. The number of rotatable bonds is 7. The molecule has 3 aromatic carbocycles. The molecule has 4 rings (SSSR count). The maximum absolute atomic E-state index is 12.8. The van der Waals surface area contributed by atoms with E-state index in [0.717, 1.165) is 21.0 Å². The van der Waals surface area contributed by atoms with Gasteiger partial charge in [-0.1, -0.05) is 72.4 Å². The van der Waals surface area contributed by atoms with E-state index in [-0.39, 0.29) is 18.2 Å². The third-order valence-electron chi connectivity index (χ3n) is 4.99. The fourth-order valence-corrected chi connectivity index (χ4v) is 4.36. The van der Waals surface area contributed by atoms with Crippen LogP contribution in [0.4, 0.5) is 5.69 Å². The van der Waals surface area contributed by atoms with E-state index < -0.39 is 6.10 Å². The third kappa shape index (κ3) is 5.75. The summed E-state index contributed by atoms with van der Waals surface area (Å²) in [6, 6.07) is 27.5. The minimum atomic E-state index is -0.758. The number of benzene rings is 3. The van der Waals surface area contributed by atoms with E-state index in [4.69, 9.17) is 4.74 Å². The van der Waals surface area contributed by atoms with Crippen molar-refractivity contribution in [2.75, 3.05) is 18.5 Å². The molecule has 1 unspecified atom stereocenters. The van der Waals surface area contributed by atoms with Crippen LogP contribution in [0.1, 0.15) is 12.0 Å². The van der Waals surface area contributed by atoms with E-state index in [9.17, 15) is 9.59 Å². The number of para-hydroxylation sites is 1. The van der Waals surface area contributed by atoms with Gasteiger partial charge in [0.15, 0.2) is 0 Å². The van der Waals surface area contributed by atoms with Crippen LogP contribution in [0.5, 0.6) is 0 Å². The molecule has 1 fully saturated rings. The fraction of sp³-hybridized carbons (Fsp3) is 0.200. The van der Waals surface area contributed by atoms with Crippen LogP contribution in [0, 0.1) is 0 Å². The quantitative estimate of drug-likeness (QED) is 0.593. The van der Waals surface area contributed by atoms with Gasteiger partial charge in [-0.2, -0.15) is 0 Å². The minimum Gasteiger partial charge on any atom is -0.366 e. The summed E-state index contributed by atoms with van der Waals surface area (Å²) in [6.07, 6.45) is -0.763. The lowest BCUT2D eigenvalue weighted by atomic mass is 10.1. The molecule has 0 saturated carbocycles. The van der Waals surface area contributed by atoms with Crippen molar-refractivity contribution in [1.29, 1.82) is 0 Å². The van der Waals surface area contributed by atoms with Crippen LogP contribution in [0.2, 0.25) is 0 Å². The first-order valence-electron chi connectivity index (χ1n) is 10.2. The van der Waals surface area contributed by atoms with Crippen molar-refractivity contribution in [1.82, 2.24) is 4.90 Å². The molecule has 1 N–H and O–H groups in total. The highest BCUT2D eigenvalue weighted by molar-refractivity contribution is 7.99. The number of nitrogens with zero attached hydrogens (tertiary/aromatic N) is 1. The molecule has 158 valence electrons. The minimum absolute atomic E-state index is 0.00550. The van der Waals surface area contributed by atoms with Gasteiger partial charge in [0.05, 0.1) is 18.7 Å². The number of hydrogen-bond donors (Lipinski definition) is 1. The number of morpholine rings is 1. The van der Waals surface area contributed by atoms with E-state index in [1.54, 1.807) is 16.7 Å². The first kappa shape index (κ1) is 21.2. The van der Waals surface area contributed by atoms with Gasteiger partial charge in [-0.15, -0.1) is 0 Å². The van der Waals surface area contributed by atoms with Gasteiger partial charge in [0.1, 0.15) is 6.10 Å². The van der Waals surface area contributed by atoms with Crippen LogP contribution in [-0.2, 0) is 20.9 Å². The zero-order valence-corrected chi connectivity index (χ0v) is 17.9. The molecule has 0 aromatic heterocycles. The van der Waals surface area contributed by atoms with Crippen LogP contribution in [0.25, 0.3) is 0 Å². The summed E-state index contributed by atoms with van der Waals surface area (Å²) in [5.41, 5.74) is 1.79. The van der Waals surface area contributed by atoms with Crippen LogP contribution in [-0.4, -0.2) is 36.0 Å². The molecule has 3 aromatic rings. The van der Waals surface area contributed by atoms with Crippen molar-refractivity contribution in [3.63, 3.8) is 0 Å². The van der Waals surface area contributed by atoms with E-state index in [0.29, 0.717) is 19.7 Å². The van der Waals surface area contributed by atoms with Crippen LogP contribution >= 0.6 is 11.8 Å². The average molecular weight is 433 g/mol. The molecule has 0 radical (unpaired) electrons. The molecular weight excluding hydrogens is 408 g/mol. The lowest BCUT2D eigenvalue weighted by Crippen LogP contribution is -2.48. The molecule has 1 saturated heterocycles. The van der Waals surface area contributed by atoms with Gasteiger partial charge < -0.3 is 15.0 Å². The number of carbonyl (C=O) groups is 2. The van der Waals surface area contributed by atoms with E-state index in [2.05, 4.69) is 5.32 Å². The first-order chi connectivity index (χ1) is 15.2. The van der Waals surface area contributed by atoms with Gasteiger partial charge in [-0.05, 0) is 29.8 Å². The maximum atomic E-state index is 12.8. The predicted octanol–water partition coefficient (Wildman–Crippen LogP) is 4.59. The van der Waals surface area contributed by atoms with Gasteiger partial charge in [-0.3, -0.25) is 9.59 Å². The van der Waals surface area contributed by atoms with Crippen molar-refractivity contribution in [2.45, 2.75) is 28.9 Å². The van der Waals surface area contributed by atoms with Crippen molar-refractivity contribution >= 4 is 29.3 Å². The fourth-order valence-electron chi connectivity index (χ4n) is 3.44. The number of amides is 2. The highest BCUT2D eigenvalue weighted by Gasteiger charge is 2.31. The molecule has 0 bridgehead atoms. The monoisotopic (exact) mass is 432 g/mol. The van der Waals surface area contributed by atoms with Gasteiger partial charge in [0, 0.05) is 22.9 Å². The zero-order chi connectivity index (χ0) is 21.5. The summed E-state index contributed by atoms with van der Waals surface area (Å²) in [4.78, 5) is 29.4. The Morgan fingerprint density at radius 3 is 2.42 bits per heavy atom. The SMILES string of the molecule is O=C(CC1OCCN(Cc2ccccc2)C1=O)Nc1ccccc1Sc1ccccc1. The van der Waals surface area contributed by atoms with Gasteiger partial charge in [-0.25, -0.2) is 0 Å². The standard InChI is InChI=1S/C25H24N2O3S/c28-24(26-21-13-7-8-14-23(21)31-20-11-5-2-6-12-20)17-22-25(29)27(15-16-30-22)18-19-9-3-1-4-10-19/h1-14,22H,15-18H2,(H,26,28). The van der Waals surface area contributed by atoms with E-state index in [1.807, 2.05) is 84.9 Å². The number of carbonyl (C=O) groups excluding carboxylic acids is 2. The lowest BCUT2D eigenvalue weighted by Gasteiger charge is -2.32. The molecule has 2 amide bonds. The number of ether oxygens (including phenoxy) is 1. The zero-order valence-electron chi connectivity index (χ0n) is 17.1. The Labute approximate surface area is 186 Å². The molecule has 1 aliphatic rings. The summed E-state index contributed by atoms with van der Waals surface area (Å²) in [5, 5.41) is 2.95. The summed E-state index contributed by atoms with van der Waals surface area (Å²) in [7, 11) is 0. The normalized spacial score (nSPS) is 16.2. The Hall–Kier alpha value is -3.09. The summed E-state index contributed by atoms with van der Waals surface area (Å²) in [6.45, 7) is 1.48. The number of nitrogens with one attached hydrogen (secondary N) is 1. The molecule has 31 heavy (non-hydrogen) atoms. The van der Waals surface area contributed by atoms with E-state index in [1.165, 1.54) is 0 Å². The predicted molar refractivity (Wildman–Crippen MR) is 122 cm³/mol. The molecule has 0 aliphatic carbocycles. The smallest absolute Gasteiger partial charge is 0.252 e. The number of anilines is 1. The van der Waals surface area contributed by atoms with Gasteiger partial charge >= 0.3 is 0 Å². The second-order valence-electron chi connectivity index (χ2n) is 7.27. The second-order valence-corrected chi connectivity index (χ2v) is 8.38. The third-order valence-corrected chi connectivity index (χ3v) is 6.07. The highest BCUT2D eigenvalue weighted by atomic mass is 32.2. The summed E-state index contributed by atoms with van der Waals surface area (Å²) >= 11 is 1.58. The van der Waals surface area contributed by atoms with Crippen molar-refractivity contribution < 1.29 is 14.3 Å². The van der Waals surface area contributed by atoms with Crippen molar-refractivity contribution in [2.24, 2.45) is 0 Å². The molecular formula is C25H24N2O3S. The molecule has 1 heterocycles. The molecule has 6 heteroatoms. The van der Waals surface area contributed by atoms with Gasteiger partial charge in [0.2, 0.25) is 5.91 Å². The molecule has 0 spiro atoms. The summed E-state index contributed by atoms with van der Waals surface area (Å²) in [5.74, 6) is -0.377. The maximum Gasteiger partial charge on any atom is 0.252 e. The Bertz CT molecular complexity index is 1030. The Kier molecular flexibility index (Phi) is 7.02. The Morgan fingerprint density at radius 1 is 0.968 bits per heavy atom. The highest BCUT2D eigenvalue weighted by Crippen LogP contribution is 2.33. The van der Waals surface area contributed by atoms with Crippen molar-refractivity contribution in [3.05, 3.63) is 90.5 Å². The van der Waals surface area contributed by atoms with Crippen LogP contribution < -0.4 is 5.32 Å². The lowest BCUT2D eigenvalue weighted by molar-refractivity contribution is -0.155. The summed E-state index contributed by atoms with van der Waals surface area (Å²) < 4.78 is 5.64. The van der Waals surface area contributed by atoms with E-state index >= 15 is 0 Å².